The Morgan fingerprint density at radius 3 is 1.71 bits per heavy atom. The molecule has 328 valence electrons. The van der Waals surface area contributed by atoms with Crippen molar-refractivity contribution in [1.29, 1.82) is 0 Å². The van der Waals surface area contributed by atoms with E-state index in [9.17, 15) is 24.2 Å². The lowest BCUT2D eigenvalue weighted by Gasteiger charge is -2.20. The Labute approximate surface area is 340 Å². The summed E-state index contributed by atoms with van der Waals surface area (Å²) >= 11 is 0. The zero-order valence-corrected chi connectivity index (χ0v) is 36.2. The second kappa shape index (κ2) is 36.5. The molecule has 1 aliphatic rings. The monoisotopic (exact) mass is 817 g/mol. The molecular weight excluding hydrogens is 735 g/mol. The maximum absolute atomic E-state index is 12.6. The first-order chi connectivity index (χ1) is 27.2. The molecule has 1 heterocycles. The van der Waals surface area contributed by atoms with E-state index in [1.165, 1.54) is 83.5 Å². The highest BCUT2D eigenvalue weighted by Crippen LogP contribution is 2.43. The fraction of sp³-hybridized carbons (Fsp3) is 0.864. The summed E-state index contributed by atoms with van der Waals surface area (Å²) in [7, 11) is -4.63. The van der Waals surface area contributed by atoms with Gasteiger partial charge < -0.3 is 29.3 Å². The topological polar surface area (TPSA) is 161 Å². The van der Waals surface area contributed by atoms with Gasteiger partial charge in [0.1, 0.15) is 12.7 Å². The number of carbonyl (C=O) groups is 2. The van der Waals surface area contributed by atoms with Crippen LogP contribution in [-0.4, -0.2) is 77.9 Å². The molecule has 3 N–H and O–H groups in total. The number of aliphatic hydroxyl groups is 2. The highest BCUT2D eigenvalue weighted by molar-refractivity contribution is 7.47. The Morgan fingerprint density at radius 2 is 1.11 bits per heavy atom. The van der Waals surface area contributed by atoms with Gasteiger partial charge in [0.15, 0.2) is 6.10 Å². The third-order valence-electron chi connectivity index (χ3n) is 10.0. The van der Waals surface area contributed by atoms with E-state index in [1.54, 1.807) is 0 Å². The predicted molar refractivity (Wildman–Crippen MR) is 223 cm³/mol. The van der Waals surface area contributed by atoms with Crippen LogP contribution in [0.4, 0.5) is 0 Å². The van der Waals surface area contributed by atoms with Crippen LogP contribution >= 0.6 is 7.82 Å². The Balaban J connectivity index is 2.24. The van der Waals surface area contributed by atoms with Gasteiger partial charge in [-0.2, -0.15) is 0 Å². The number of unbranched alkanes of at least 4 members (excludes halogenated alkanes) is 20. The van der Waals surface area contributed by atoms with Crippen LogP contribution in [0.1, 0.15) is 194 Å². The summed E-state index contributed by atoms with van der Waals surface area (Å²) in [5.41, 5.74) is 0. The van der Waals surface area contributed by atoms with Crippen LogP contribution in [0.5, 0.6) is 0 Å². The standard InChI is InChI=1S/C44H81O11P/c1-3-5-7-9-11-12-13-14-15-16-17-18-19-20-21-25-30-34-44(48)54-40(38-53-56(49,50)52-36-39(46)35-45)37-51-43(47)33-29-26-22-24-28-32-42-41(55-42)31-27-23-10-8-6-4-2/h14-15,23,27,39-42,45-46H,3-13,16-22,24-26,28-38H2,1-2H3,(H,49,50)/b15-14-,27-23-/t39-,40+,41?,42?/m0/s1. The smallest absolute Gasteiger partial charge is 0.462 e. The number of ether oxygens (including phenoxy) is 3. The van der Waals surface area contributed by atoms with Gasteiger partial charge in [-0.1, -0.05) is 141 Å². The van der Waals surface area contributed by atoms with E-state index in [2.05, 4.69) is 38.2 Å². The molecular formula is C44H81O11P. The van der Waals surface area contributed by atoms with Gasteiger partial charge in [0, 0.05) is 12.8 Å². The molecule has 0 aromatic carbocycles. The summed E-state index contributed by atoms with van der Waals surface area (Å²) in [5, 5.41) is 18.3. The molecule has 1 aliphatic heterocycles. The van der Waals surface area contributed by atoms with Crippen molar-refractivity contribution in [2.24, 2.45) is 0 Å². The van der Waals surface area contributed by atoms with Crippen molar-refractivity contribution in [2.45, 2.75) is 218 Å². The van der Waals surface area contributed by atoms with Crippen molar-refractivity contribution in [2.75, 3.05) is 26.4 Å². The van der Waals surface area contributed by atoms with E-state index < -0.39 is 51.8 Å². The summed E-state index contributed by atoms with van der Waals surface area (Å²) in [6.07, 6.45) is 37.3. The van der Waals surface area contributed by atoms with E-state index >= 15 is 0 Å². The molecule has 0 aromatic heterocycles. The second-order valence-corrected chi connectivity index (χ2v) is 16.9. The van der Waals surface area contributed by atoms with Crippen LogP contribution < -0.4 is 0 Å². The van der Waals surface area contributed by atoms with E-state index in [-0.39, 0.29) is 19.4 Å². The zero-order chi connectivity index (χ0) is 41.0. The third-order valence-corrected chi connectivity index (χ3v) is 11.0. The van der Waals surface area contributed by atoms with Crippen LogP contribution in [0, 0.1) is 0 Å². The van der Waals surface area contributed by atoms with Gasteiger partial charge in [-0.25, -0.2) is 4.57 Å². The molecule has 12 heteroatoms. The van der Waals surface area contributed by atoms with E-state index in [0.717, 1.165) is 70.6 Å². The van der Waals surface area contributed by atoms with Crippen molar-refractivity contribution >= 4 is 19.8 Å². The van der Waals surface area contributed by atoms with Crippen LogP contribution in [-0.2, 0) is 37.4 Å². The van der Waals surface area contributed by atoms with Crippen LogP contribution in [0.25, 0.3) is 0 Å². The molecule has 0 amide bonds. The minimum absolute atomic E-state index is 0.174. The number of esters is 2. The average molecular weight is 817 g/mol. The summed E-state index contributed by atoms with van der Waals surface area (Å²) in [4.78, 5) is 35.1. The summed E-state index contributed by atoms with van der Waals surface area (Å²) in [6, 6.07) is 0. The van der Waals surface area contributed by atoms with Gasteiger partial charge in [-0.05, 0) is 64.2 Å². The summed E-state index contributed by atoms with van der Waals surface area (Å²) in [6.45, 7) is 2.32. The van der Waals surface area contributed by atoms with Gasteiger partial charge in [-0.15, -0.1) is 0 Å². The lowest BCUT2D eigenvalue weighted by atomic mass is 10.1. The number of aliphatic hydroxyl groups excluding tert-OH is 2. The van der Waals surface area contributed by atoms with Gasteiger partial charge in [-0.3, -0.25) is 18.6 Å². The number of carbonyl (C=O) groups excluding carboxylic acids is 2. The maximum Gasteiger partial charge on any atom is 0.472 e. The number of epoxide rings is 1. The Bertz CT molecular complexity index is 1050. The minimum Gasteiger partial charge on any atom is -0.462 e. The molecule has 1 fully saturated rings. The Morgan fingerprint density at radius 1 is 0.625 bits per heavy atom. The molecule has 0 aromatic rings. The molecule has 5 atom stereocenters. The highest BCUT2D eigenvalue weighted by atomic mass is 31.2. The molecule has 1 rings (SSSR count). The number of phosphoric acid groups is 1. The van der Waals surface area contributed by atoms with E-state index in [1.807, 2.05) is 0 Å². The fourth-order valence-electron chi connectivity index (χ4n) is 6.41. The summed E-state index contributed by atoms with van der Waals surface area (Å²) < 4.78 is 38.5. The number of phosphoric ester groups is 1. The van der Waals surface area contributed by atoms with Gasteiger partial charge in [0.05, 0.1) is 32.0 Å². The van der Waals surface area contributed by atoms with Crippen molar-refractivity contribution in [3.63, 3.8) is 0 Å². The predicted octanol–water partition coefficient (Wildman–Crippen LogP) is 10.8. The lowest BCUT2D eigenvalue weighted by molar-refractivity contribution is -0.161. The molecule has 3 unspecified atom stereocenters. The first-order valence-corrected chi connectivity index (χ1v) is 23.9. The molecule has 0 bridgehead atoms. The molecule has 1 saturated heterocycles. The average Bonchev–Trinajstić information content (AvgIpc) is 3.94. The van der Waals surface area contributed by atoms with Crippen molar-refractivity contribution in [1.82, 2.24) is 0 Å². The van der Waals surface area contributed by atoms with Crippen molar-refractivity contribution < 1.29 is 52.5 Å². The third kappa shape index (κ3) is 33.4. The molecule has 56 heavy (non-hydrogen) atoms. The first-order valence-electron chi connectivity index (χ1n) is 22.4. The zero-order valence-electron chi connectivity index (χ0n) is 35.3. The maximum atomic E-state index is 12.6. The molecule has 0 radical (unpaired) electrons. The van der Waals surface area contributed by atoms with Gasteiger partial charge >= 0.3 is 19.8 Å². The number of rotatable bonds is 41. The molecule has 11 nitrogen and oxygen atoms in total. The molecule has 0 saturated carbocycles. The largest absolute Gasteiger partial charge is 0.472 e. The number of hydrogen-bond acceptors (Lipinski definition) is 10. The van der Waals surface area contributed by atoms with E-state index in [0.29, 0.717) is 25.0 Å². The van der Waals surface area contributed by atoms with Crippen LogP contribution in [0.15, 0.2) is 24.3 Å². The normalized spacial score (nSPS) is 17.7. The minimum atomic E-state index is -4.63. The number of allylic oxidation sites excluding steroid dienone is 3. The van der Waals surface area contributed by atoms with Crippen LogP contribution in [0.3, 0.4) is 0 Å². The van der Waals surface area contributed by atoms with Crippen molar-refractivity contribution in [3.05, 3.63) is 24.3 Å². The lowest BCUT2D eigenvalue weighted by Crippen LogP contribution is -2.29. The van der Waals surface area contributed by atoms with Gasteiger partial charge in [0.25, 0.3) is 0 Å². The summed E-state index contributed by atoms with van der Waals surface area (Å²) in [5.74, 6) is -0.949. The Hall–Kier alpha value is -1.59. The van der Waals surface area contributed by atoms with E-state index in [4.69, 9.17) is 28.4 Å². The Kier molecular flexibility index (Phi) is 34.2. The number of hydrogen-bond donors (Lipinski definition) is 3. The molecule has 0 spiro atoms. The second-order valence-electron chi connectivity index (χ2n) is 15.5. The van der Waals surface area contributed by atoms with Crippen LogP contribution in [0.2, 0.25) is 0 Å². The quantitative estimate of drug-likeness (QED) is 0.0177. The van der Waals surface area contributed by atoms with Gasteiger partial charge in [0.2, 0.25) is 0 Å². The fourth-order valence-corrected chi connectivity index (χ4v) is 7.20. The highest BCUT2D eigenvalue weighted by Gasteiger charge is 2.36. The SMILES string of the molecule is CCCCC/C=C\CC1OC1CCCCCCCC(=O)OC[C@H](COP(=O)(O)OC[C@@H](O)CO)OC(=O)CCCCCCCCC/C=C\CCCCCCCC. The molecule has 0 aliphatic carbocycles. The first kappa shape index (κ1) is 52.4. The van der Waals surface area contributed by atoms with Crippen molar-refractivity contribution in [3.8, 4) is 0 Å².